The van der Waals surface area contributed by atoms with Gasteiger partial charge in [-0.1, -0.05) is 35.0 Å². The average Bonchev–Trinajstić information content (AvgIpc) is 3.33. The van der Waals surface area contributed by atoms with Crippen molar-refractivity contribution >= 4 is 32.9 Å². The lowest BCUT2D eigenvalue weighted by Crippen LogP contribution is -2.42. The molecule has 1 aromatic heterocycles. The molecule has 1 aliphatic rings. The monoisotopic (exact) mass is 596 g/mol. The third kappa shape index (κ3) is 5.52. The van der Waals surface area contributed by atoms with Crippen LogP contribution in [-0.2, 0) is 6.42 Å². The van der Waals surface area contributed by atoms with Crippen molar-refractivity contribution in [2.45, 2.75) is 25.8 Å². The van der Waals surface area contributed by atoms with E-state index >= 15 is 0 Å². The molecule has 7 nitrogen and oxygen atoms in total. The number of carbonyl (C=O) groups excluding carboxylic acids is 1. The smallest absolute Gasteiger partial charge is 0.416 e. The van der Waals surface area contributed by atoms with Gasteiger partial charge in [-0.15, -0.1) is 0 Å². The maximum absolute atomic E-state index is 13.4. The summed E-state index contributed by atoms with van der Waals surface area (Å²) in [6.07, 6.45) is 0.685. The molecule has 0 aliphatic carbocycles. The van der Waals surface area contributed by atoms with Gasteiger partial charge in [-0.3, -0.25) is 4.90 Å². The van der Waals surface area contributed by atoms with Crippen molar-refractivity contribution in [1.82, 2.24) is 9.88 Å². The molecule has 204 valence electrons. The van der Waals surface area contributed by atoms with Crippen LogP contribution >= 0.6 is 15.9 Å². The van der Waals surface area contributed by atoms with Crippen molar-refractivity contribution in [3.63, 3.8) is 0 Å². The van der Waals surface area contributed by atoms with Crippen LogP contribution < -0.4 is 9.47 Å². The van der Waals surface area contributed by atoms with Gasteiger partial charge in [0.25, 0.3) is 0 Å². The number of ether oxygens (including phenoxy) is 2. The molecule has 3 N–H and O–H groups in total. The summed E-state index contributed by atoms with van der Waals surface area (Å²) in [5.41, 5.74) is 3.17. The van der Waals surface area contributed by atoms with E-state index in [0.717, 1.165) is 32.2 Å². The standard InChI is InChI=1S/C30H30BrFN2O5/c1-2-30(16-35,17-36)18-38-22-8-3-19(4-9-22)28-27-24(25-15-20(31)5-12-26(25)33-27)13-14-34(28)29(37)39-23-10-6-21(32)7-11-23/h3-12,15,28,33,35-36H,2,13-14,16-18H2,1H3/t28-/m0/s1. The first kappa shape index (κ1) is 27.2. The number of hydrogen-bond acceptors (Lipinski definition) is 5. The summed E-state index contributed by atoms with van der Waals surface area (Å²) < 4.78 is 25.9. The number of H-pyrrole nitrogens is 1. The number of amides is 1. The van der Waals surface area contributed by atoms with Gasteiger partial charge in [0, 0.05) is 27.6 Å². The lowest BCUT2D eigenvalue weighted by Gasteiger charge is -2.35. The Bertz CT molecular complexity index is 1440. The van der Waals surface area contributed by atoms with Gasteiger partial charge < -0.3 is 24.7 Å². The highest BCUT2D eigenvalue weighted by molar-refractivity contribution is 9.10. The molecule has 0 radical (unpaired) electrons. The van der Waals surface area contributed by atoms with Crippen molar-refractivity contribution in [2.75, 3.05) is 26.4 Å². The molecular formula is C30H30BrFN2O5. The van der Waals surface area contributed by atoms with Crippen LogP contribution in [0.4, 0.5) is 9.18 Å². The predicted octanol–water partition coefficient (Wildman–Crippen LogP) is 5.98. The van der Waals surface area contributed by atoms with E-state index in [1.54, 1.807) is 4.90 Å². The summed E-state index contributed by atoms with van der Waals surface area (Å²) in [7, 11) is 0. The van der Waals surface area contributed by atoms with Gasteiger partial charge in [-0.05, 0) is 78.6 Å². The van der Waals surface area contributed by atoms with Crippen molar-refractivity contribution in [3.05, 3.63) is 93.8 Å². The summed E-state index contributed by atoms with van der Waals surface area (Å²) >= 11 is 3.56. The molecule has 0 unspecified atom stereocenters. The van der Waals surface area contributed by atoms with E-state index in [-0.39, 0.29) is 25.6 Å². The number of carbonyl (C=O) groups is 1. The van der Waals surface area contributed by atoms with Crippen molar-refractivity contribution in [2.24, 2.45) is 5.41 Å². The molecule has 0 fully saturated rings. The lowest BCUT2D eigenvalue weighted by atomic mass is 9.88. The first-order valence-corrected chi connectivity index (χ1v) is 13.6. The molecule has 0 saturated carbocycles. The Labute approximate surface area is 234 Å². The minimum Gasteiger partial charge on any atom is -0.493 e. The number of fused-ring (bicyclic) bond motifs is 3. The highest BCUT2D eigenvalue weighted by Gasteiger charge is 2.36. The second kappa shape index (κ2) is 11.4. The molecule has 1 atom stereocenters. The van der Waals surface area contributed by atoms with E-state index in [1.165, 1.54) is 24.3 Å². The molecule has 0 spiro atoms. The molecular weight excluding hydrogens is 567 g/mol. The second-order valence-corrected chi connectivity index (χ2v) is 10.8. The van der Waals surface area contributed by atoms with Crippen molar-refractivity contribution in [3.8, 4) is 11.5 Å². The third-order valence-electron chi connectivity index (χ3n) is 7.50. The van der Waals surface area contributed by atoms with Gasteiger partial charge >= 0.3 is 6.09 Å². The predicted molar refractivity (Wildman–Crippen MR) is 150 cm³/mol. The number of benzene rings is 3. The second-order valence-electron chi connectivity index (χ2n) is 9.90. The topological polar surface area (TPSA) is 95.0 Å². The molecule has 0 bridgehead atoms. The largest absolute Gasteiger partial charge is 0.493 e. The lowest BCUT2D eigenvalue weighted by molar-refractivity contribution is 0.0114. The fourth-order valence-electron chi connectivity index (χ4n) is 4.92. The Kier molecular flexibility index (Phi) is 7.93. The Morgan fingerprint density at radius 1 is 1.08 bits per heavy atom. The number of halogens is 2. The maximum atomic E-state index is 13.4. The van der Waals surface area contributed by atoms with Crippen molar-refractivity contribution in [1.29, 1.82) is 0 Å². The van der Waals surface area contributed by atoms with Crippen molar-refractivity contribution < 1.29 is 28.9 Å². The van der Waals surface area contributed by atoms with Gasteiger partial charge in [-0.25, -0.2) is 9.18 Å². The Morgan fingerprint density at radius 2 is 1.77 bits per heavy atom. The molecule has 1 amide bonds. The fourth-order valence-corrected chi connectivity index (χ4v) is 5.28. The molecule has 5 rings (SSSR count). The first-order valence-electron chi connectivity index (χ1n) is 12.8. The zero-order valence-electron chi connectivity index (χ0n) is 21.5. The summed E-state index contributed by atoms with van der Waals surface area (Å²) in [4.78, 5) is 18.6. The Morgan fingerprint density at radius 3 is 2.44 bits per heavy atom. The quantitative estimate of drug-likeness (QED) is 0.233. The van der Waals surface area contributed by atoms with Crippen LogP contribution in [0.25, 0.3) is 10.9 Å². The van der Waals surface area contributed by atoms with Crippen LogP contribution in [0, 0.1) is 11.2 Å². The zero-order chi connectivity index (χ0) is 27.6. The van der Waals surface area contributed by atoms with Gasteiger partial charge in [0.1, 0.15) is 23.4 Å². The molecule has 2 heterocycles. The van der Waals surface area contributed by atoms with E-state index in [4.69, 9.17) is 9.47 Å². The number of aromatic amines is 1. The highest BCUT2D eigenvalue weighted by atomic mass is 79.9. The summed E-state index contributed by atoms with van der Waals surface area (Å²) in [6.45, 7) is 2.16. The van der Waals surface area contributed by atoms with Crippen LogP contribution in [0.2, 0.25) is 0 Å². The van der Waals surface area contributed by atoms with Gasteiger partial charge in [0.2, 0.25) is 0 Å². The van der Waals surface area contributed by atoms with E-state index < -0.39 is 23.4 Å². The molecule has 3 aromatic carbocycles. The van der Waals surface area contributed by atoms with Crippen LogP contribution in [0.5, 0.6) is 11.5 Å². The van der Waals surface area contributed by atoms with Gasteiger partial charge in [0.05, 0.1) is 25.2 Å². The normalized spacial score (nSPS) is 15.3. The van der Waals surface area contributed by atoms with Crippen LogP contribution in [0.15, 0.2) is 71.2 Å². The zero-order valence-corrected chi connectivity index (χ0v) is 23.1. The summed E-state index contributed by atoms with van der Waals surface area (Å²) in [6, 6.07) is 18.4. The first-order chi connectivity index (χ1) is 18.9. The van der Waals surface area contributed by atoms with E-state index in [0.29, 0.717) is 25.1 Å². The number of rotatable bonds is 8. The highest BCUT2D eigenvalue weighted by Crippen LogP contribution is 2.40. The maximum Gasteiger partial charge on any atom is 0.416 e. The van der Waals surface area contributed by atoms with E-state index in [1.807, 2.05) is 43.3 Å². The molecule has 9 heteroatoms. The summed E-state index contributed by atoms with van der Waals surface area (Å²) in [5, 5.41) is 20.5. The number of aliphatic hydroxyl groups excluding tert-OH is 2. The minimum atomic E-state index is -0.712. The molecule has 39 heavy (non-hydrogen) atoms. The van der Waals surface area contributed by atoms with Crippen LogP contribution in [-0.4, -0.2) is 52.6 Å². The summed E-state index contributed by atoms with van der Waals surface area (Å²) in [5.74, 6) is 0.453. The Hall–Kier alpha value is -3.40. The van der Waals surface area contributed by atoms with Crippen LogP contribution in [0.3, 0.4) is 0 Å². The molecule has 1 aliphatic heterocycles. The van der Waals surface area contributed by atoms with Gasteiger partial charge in [0.15, 0.2) is 0 Å². The number of hydrogen-bond donors (Lipinski definition) is 3. The van der Waals surface area contributed by atoms with Crippen LogP contribution in [0.1, 0.15) is 36.2 Å². The number of nitrogens with zero attached hydrogens (tertiary/aromatic N) is 1. The number of nitrogens with one attached hydrogen (secondary N) is 1. The SMILES string of the molecule is CCC(CO)(CO)COc1ccc([C@H]2c3[nH]c4ccc(Br)cc4c3CCN2C(=O)Oc2ccc(F)cc2)cc1. The van der Waals surface area contributed by atoms with E-state index in [2.05, 4.69) is 27.0 Å². The fraction of sp³-hybridized carbons (Fsp3) is 0.300. The number of aromatic nitrogens is 1. The van der Waals surface area contributed by atoms with Gasteiger partial charge in [-0.2, -0.15) is 0 Å². The Balaban J connectivity index is 1.47. The van der Waals surface area contributed by atoms with E-state index in [9.17, 15) is 19.4 Å². The number of aliphatic hydroxyl groups is 2. The third-order valence-corrected chi connectivity index (χ3v) is 8.00. The molecule has 0 saturated heterocycles. The minimum absolute atomic E-state index is 0.176. The average molecular weight is 597 g/mol. The molecule has 4 aromatic rings.